The van der Waals surface area contributed by atoms with Crippen molar-refractivity contribution in [3.63, 3.8) is 0 Å². The first-order valence-electron chi connectivity index (χ1n) is 6.92. The van der Waals surface area contributed by atoms with Gasteiger partial charge < -0.3 is 19.3 Å². The Kier molecular flexibility index (Phi) is 6.50. The molecule has 0 aromatic heterocycles. The fraction of sp³-hybridized carbons (Fsp3) is 0.600. The highest BCUT2D eigenvalue weighted by Gasteiger charge is 2.17. The van der Waals surface area contributed by atoms with Crippen molar-refractivity contribution in [3.8, 4) is 17.2 Å². The molecule has 19 heavy (non-hydrogen) atoms. The molecule has 0 bridgehead atoms. The van der Waals surface area contributed by atoms with Crippen LogP contribution in [0, 0.1) is 0 Å². The maximum Gasteiger partial charge on any atom is 0.203 e. The van der Waals surface area contributed by atoms with Gasteiger partial charge in [-0.1, -0.05) is 6.92 Å². The van der Waals surface area contributed by atoms with E-state index in [1.165, 1.54) is 0 Å². The Morgan fingerprint density at radius 3 is 1.74 bits per heavy atom. The van der Waals surface area contributed by atoms with E-state index < -0.39 is 6.10 Å². The average Bonchev–Trinajstić information content (AvgIpc) is 2.41. The van der Waals surface area contributed by atoms with E-state index in [1.54, 1.807) is 0 Å². The van der Waals surface area contributed by atoms with Crippen LogP contribution in [-0.2, 0) is 0 Å². The lowest BCUT2D eigenvalue weighted by molar-refractivity contribution is 0.171. The lowest BCUT2D eigenvalue weighted by Gasteiger charge is -2.18. The Labute approximate surface area is 115 Å². The standard InChI is InChI=1S/C15H24O4/c1-5-12(16)11-9-13(17-6-2)15(19-8-4)14(10-11)18-7-3/h9-10,12,16H,5-8H2,1-4H3. The van der Waals surface area contributed by atoms with E-state index in [1.807, 2.05) is 39.8 Å². The predicted octanol–water partition coefficient (Wildman–Crippen LogP) is 3.33. The van der Waals surface area contributed by atoms with Gasteiger partial charge in [0.05, 0.1) is 25.9 Å². The molecule has 1 unspecified atom stereocenters. The number of aliphatic hydroxyl groups is 1. The number of hydrogen-bond donors (Lipinski definition) is 1. The van der Waals surface area contributed by atoms with E-state index in [-0.39, 0.29) is 0 Å². The van der Waals surface area contributed by atoms with E-state index >= 15 is 0 Å². The average molecular weight is 268 g/mol. The lowest BCUT2D eigenvalue weighted by Crippen LogP contribution is -2.05. The first-order chi connectivity index (χ1) is 9.17. The highest BCUT2D eigenvalue weighted by Crippen LogP contribution is 2.40. The smallest absolute Gasteiger partial charge is 0.203 e. The van der Waals surface area contributed by atoms with E-state index in [0.717, 1.165) is 5.56 Å². The molecule has 4 heteroatoms. The van der Waals surface area contributed by atoms with Crippen molar-refractivity contribution < 1.29 is 19.3 Å². The summed E-state index contributed by atoms with van der Waals surface area (Å²) in [5.74, 6) is 1.86. The fourth-order valence-electron chi connectivity index (χ4n) is 1.84. The minimum atomic E-state index is -0.519. The number of aliphatic hydroxyl groups excluding tert-OH is 1. The van der Waals surface area contributed by atoms with Crippen LogP contribution in [0.2, 0.25) is 0 Å². The minimum Gasteiger partial charge on any atom is -0.490 e. The van der Waals surface area contributed by atoms with Crippen LogP contribution in [0.1, 0.15) is 45.8 Å². The molecule has 108 valence electrons. The largest absolute Gasteiger partial charge is 0.490 e. The Morgan fingerprint density at radius 2 is 1.37 bits per heavy atom. The molecule has 1 aromatic carbocycles. The van der Waals surface area contributed by atoms with Crippen LogP contribution in [0.25, 0.3) is 0 Å². The second-order valence-corrected chi connectivity index (χ2v) is 4.07. The van der Waals surface area contributed by atoms with E-state index in [4.69, 9.17) is 14.2 Å². The van der Waals surface area contributed by atoms with Gasteiger partial charge in [0.2, 0.25) is 5.75 Å². The summed E-state index contributed by atoms with van der Waals surface area (Å²) < 4.78 is 16.8. The molecule has 0 saturated carbocycles. The van der Waals surface area contributed by atoms with Crippen LogP contribution >= 0.6 is 0 Å². The van der Waals surface area contributed by atoms with Crippen molar-refractivity contribution in [1.82, 2.24) is 0 Å². The molecule has 1 N–H and O–H groups in total. The van der Waals surface area contributed by atoms with Crippen molar-refractivity contribution in [3.05, 3.63) is 17.7 Å². The maximum absolute atomic E-state index is 9.98. The lowest BCUT2D eigenvalue weighted by atomic mass is 10.1. The summed E-state index contributed by atoms with van der Waals surface area (Å²) in [6.45, 7) is 9.30. The Bertz CT molecular complexity index is 363. The van der Waals surface area contributed by atoms with Gasteiger partial charge >= 0.3 is 0 Å². The van der Waals surface area contributed by atoms with Crippen LogP contribution < -0.4 is 14.2 Å². The molecule has 0 aliphatic heterocycles. The second kappa shape index (κ2) is 7.89. The Hall–Kier alpha value is -1.42. The molecule has 1 atom stereocenters. The second-order valence-electron chi connectivity index (χ2n) is 4.07. The molecule has 0 aliphatic carbocycles. The number of ether oxygens (including phenoxy) is 3. The molecular weight excluding hydrogens is 244 g/mol. The van der Waals surface area contributed by atoms with Gasteiger partial charge in [0.1, 0.15) is 0 Å². The molecule has 0 heterocycles. The third-order valence-corrected chi connectivity index (χ3v) is 2.70. The van der Waals surface area contributed by atoms with Gasteiger partial charge in [0.25, 0.3) is 0 Å². The van der Waals surface area contributed by atoms with Gasteiger partial charge in [-0.3, -0.25) is 0 Å². The van der Waals surface area contributed by atoms with Crippen molar-refractivity contribution >= 4 is 0 Å². The van der Waals surface area contributed by atoms with Gasteiger partial charge in [-0.05, 0) is 44.9 Å². The third kappa shape index (κ3) is 4.03. The number of benzene rings is 1. The zero-order valence-electron chi connectivity index (χ0n) is 12.2. The zero-order chi connectivity index (χ0) is 14.3. The summed E-state index contributed by atoms with van der Waals surface area (Å²) >= 11 is 0. The highest BCUT2D eigenvalue weighted by atomic mass is 16.5. The number of rotatable bonds is 8. The van der Waals surface area contributed by atoms with Gasteiger partial charge in [-0.25, -0.2) is 0 Å². The molecule has 0 radical (unpaired) electrons. The summed E-state index contributed by atoms with van der Waals surface area (Å²) in [6, 6.07) is 3.65. The Morgan fingerprint density at radius 1 is 0.895 bits per heavy atom. The molecule has 0 spiro atoms. The van der Waals surface area contributed by atoms with Crippen LogP contribution in [0.3, 0.4) is 0 Å². The molecule has 4 nitrogen and oxygen atoms in total. The molecule has 0 amide bonds. The topological polar surface area (TPSA) is 47.9 Å². The molecule has 0 fully saturated rings. The predicted molar refractivity (Wildman–Crippen MR) is 75.2 cm³/mol. The van der Waals surface area contributed by atoms with E-state index in [0.29, 0.717) is 43.5 Å². The number of hydrogen-bond acceptors (Lipinski definition) is 4. The van der Waals surface area contributed by atoms with Crippen LogP contribution in [0.15, 0.2) is 12.1 Å². The summed E-state index contributed by atoms with van der Waals surface area (Å²) in [5, 5.41) is 9.98. The van der Waals surface area contributed by atoms with Gasteiger partial charge in [-0.2, -0.15) is 0 Å². The molecule has 0 saturated heterocycles. The maximum atomic E-state index is 9.98. The van der Waals surface area contributed by atoms with Crippen LogP contribution in [-0.4, -0.2) is 24.9 Å². The van der Waals surface area contributed by atoms with Crippen molar-refractivity contribution in [2.75, 3.05) is 19.8 Å². The summed E-state index contributed by atoms with van der Waals surface area (Å²) in [6.07, 6.45) is 0.125. The monoisotopic (exact) mass is 268 g/mol. The van der Waals surface area contributed by atoms with Crippen molar-refractivity contribution in [1.29, 1.82) is 0 Å². The highest BCUT2D eigenvalue weighted by molar-refractivity contribution is 5.54. The van der Waals surface area contributed by atoms with Gasteiger partial charge in [-0.15, -0.1) is 0 Å². The molecule has 0 aliphatic rings. The van der Waals surface area contributed by atoms with Crippen molar-refractivity contribution in [2.45, 2.75) is 40.2 Å². The minimum absolute atomic E-state index is 0.519. The molecular formula is C15H24O4. The van der Waals surface area contributed by atoms with E-state index in [2.05, 4.69) is 0 Å². The summed E-state index contributed by atoms with van der Waals surface area (Å²) in [5.41, 5.74) is 0.790. The SMILES string of the molecule is CCOc1cc(C(O)CC)cc(OCC)c1OCC. The summed E-state index contributed by atoms with van der Waals surface area (Å²) in [4.78, 5) is 0. The summed E-state index contributed by atoms with van der Waals surface area (Å²) in [7, 11) is 0. The first-order valence-corrected chi connectivity index (χ1v) is 6.92. The zero-order valence-corrected chi connectivity index (χ0v) is 12.2. The van der Waals surface area contributed by atoms with Gasteiger partial charge in [0, 0.05) is 0 Å². The van der Waals surface area contributed by atoms with Gasteiger partial charge in [0.15, 0.2) is 11.5 Å². The fourth-order valence-corrected chi connectivity index (χ4v) is 1.84. The van der Waals surface area contributed by atoms with Crippen LogP contribution in [0.5, 0.6) is 17.2 Å². The third-order valence-electron chi connectivity index (χ3n) is 2.70. The van der Waals surface area contributed by atoms with Crippen molar-refractivity contribution in [2.24, 2.45) is 0 Å². The first kappa shape index (κ1) is 15.6. The normalized spacial score (nSPS) is 12.1. The van der Waals surface area contributed by atoms with Crippen LogP contribution in [0.4, 0.5) is 0 Å². The quantitative estimate of drug-likeness (QED) is 0.785. The molecule has 1 rings (SSSR count). The molecule has 1 aromatic rings. The van der Waals surface area contributed by atoms with E-state index in [9.17, 15) is 5.11 Å². The Balaban J connectivity index is 3.25.